The molecule has 6 nitrogen and oxygen atoms in total. The van der Waals surface area contributed by atoms with Crippen molar-refractivity contribution in [3.05, 3.63) is 18.2 Å². The van der Waals surface area contributed by atoms with Crippen LogP contribution in [0.3, 0.4) is 0 Å². The first-order valence-electron chi connectivity index (χ1n) is 6.61. The van der Waals surface area contributed by atoms with Crippen LogP contribution in [0.1, 0.15) is 12.8 Å². The molecule has 2 amide bonds. The number of nitrogens with zero attached hydrogens (tertiary/aromatic N) is 1. The van der Waals surface area contributed by atoms with E-state index in [-0.39, 0.29) is 11.8 Å². The number of likely N-dealkylation sites (tertiary alicyclic amines) is 1. The van der Waals surface area contributed by atoms with Crippen molar-refractivity contribution in [3.63, 3.8) is 0 Å². The Labute approximate surface area is 116 Å². The maximum Gasteiger partial charge on any atom is 0.247 e. The number of hydrogen-bond donors (Lipinski definition) is 1. The van der Waals surface area contributed by atoms with Crippen molar-refractivity contribution in [2.75, 3.05) is 25.6 Å². The zero-order valence-corrected chi connectivity index (χ0v) is 11.2. The van der Waals surface area contributed by atoms with Crippen LogP contribution in [0, 0.1) is 0 Å². The molecule has 0 radical (unpaired) electrons. The minimum absolute atomic E-state index is 0.00678. The molecule has 0 aliphatic carbocycles. The van der Waals surface area contributed by atoms with E-state index in [2.05, 4.69) is 5.32 Å². The van der Waals surface area contributed by atoms with Crippen LogP contribution in [0.2, 0.25) is 0 Å². The number of carbonyl (C=O) groups excluding carboxylic acids is 2. The van der Waals surface area contributed by atoms with E-state index >= 15 is 0 Å². The molecular weight excluding hydrogens is 260 g/mol. The van der Waals surface area contributed by atoms with Gasteiger partial charge < -0.3 is 19.7 Å². The molecule has 2 aliphatic heterocycles. The number of ether oxygens (including phenoxy) is 2. The SMILES string of the molecule is CN1C(=O)CCC1C(=O)Nc1ccc2c(c1)OCCO2. The number of rotatable bonds is 2. The van der Waals surface area contributed by atoms with Crippen molar-refractivity contribution in [2.45, 2.75) is 18.9 Å². The second-order valence-corrected chi connectivity index (χ2v) is 4.91. The van der Waals surface area contributed by atoms with Gasteiger partial charge in [-0.05, 0) is 18.6 Å². The van der Waals surface area contributed by atoms with Crippen LogP contribution in [-0.4, -0.2) is 43.0 Å². The first-order valence-corrected chi connectivity index (χ1v) is 6.61. The Balaban J connectivity index is 1.71. The van der Waals surface area contributed by atoms with E-state index in [1.165, 1.54) is 4.90 Å². The van der Waals surface area contributed by atoms with E-state index in [0.717, 1.165) is 0 Å². The predicted molar refractivity (Wildman–Crippen MR) is 71.9 cm³/mol. The van der Waals surface area contributed by atoms with Crippen LogP contribution >= 0.6 is 0 Å². The van der Waals surface area contributed by atoms with Crippen molar-refractivity contribution in [2.24, 2.45) is 0 Å². The number of fused-ring (bicyclic) bond motifs is 1. The fraction of sp³-hybridized carbons (Fsp3) is 0.429. The highest BCUT2D eigenvalue weighted by atomic mass is 16.6. The number of anilines is 1. The fourth-order valence-electron chi connectivity index (χ4n) is 2.46. The minimum Gasteiger partial charge on any atom is -0.486 e. The summed E-state index contributed by atoms with van der Waals surface area (Å²) in [5.74, 6) is 1.15. The molecule has 0 bridgehead atoms. The summed E-state index contributed by atoms with van der Waals surface area (Å²) in [6, 6.07) is 4.88. The molecule has 1 aromatic rings. The lowest BCUT2D eigenvalue weighted by atomic mass is 10.2. The summed E-state index contributed by atoms with van der Waals surface area (Å²) >= 11 is 0. The molecule has 2 heterocycles. The molecule has 1 saturated heterocycles. The standard InChI is InChI=1S/C14H16N2O4/c1-16-10(3-5-13(16)17)14(18)15-9-2-4-11-12(8-9)20-7-6-19-11/h2,4,8,10H,3,5-7H2,1H3,(H,15,18). The lowest BCUT2D eigenvalue weighted by molar-refractivity contribution is -0.131. The zero-order valence-electron chi connectivity index (χ0n) is 11.2. The quantitative estimate of drug-likeness (QED) is 0.875. The Morgan fingerprint density at radius 2 is 2.05 bits per heavy atom. The number of likely N-dealkylation sites (N-methyl/N-ethyl adjacent to an activating group) is 1. The molecule has 1 N–H and O–H groups in total. The Bertz CT molecular complexity index is 558. The van der Waals surface area contributed by atoms with Gasteiger partial charge >= 0.3 is 0 Å². The van der Waals surface area contributed by atoms with Gasteiger partial charge in [-0.2, -0.15) is 0 Å². The van der Waals surface area contributed by atoms with Crippen molar-refractivity contribution >= 4 is 17.5 Å². The molecular formula is C14H16N2O4. The number of carbonyl (C=O) groups is 2. The van der Waals surface area contributed by atoms with Crippen LogP contribution < -0.4 is 14.8 Å². The monoisotopic (exact) mass is 276 g/mol. The largest absolute Gasteiger partial charge is 0.486 e. The van der Waals surface area contributed by atoms with Gasteiger partial charge in [-0.15, -0.1) is 0 Å². The van der Waals surface area contributed by atoms with Crippen LogP contribution in [0.15, 0.2) is 18.2 Å². The van der Waals surface area contributed by atoms with Gasteiger partial charge in [0.1, 0.15) is 19.3 Å². The van der Waals surface area contributed by atoms with Gasteiger partial charge in [0.25, 0.3) is 0 Å². The molecule has 1 aromatic carbocycles. The maximum atomic E-state index is 12.2. The Hall–Kier alpha value is -2.24. The topological polar surface area (TPSA) is 67.9 Å². The average Bonchev–Trinajstić information content (AvgIpc) is 2.79. The third-order valence-electron chi connectivity index (χ3n) is 3.60. The predicted octanol–water partition coefficient (Wildman–Crippen LogP) is 1.02. The summed E-state index contributed by atoms with van der Waals surface area (Å²) < 4.78 is 10.9. The van der Waals surface area contributed by atoms with E-state index in [4.69, 9.17) is 9.47 Å². The normalized spacial score (nSPS) is 20.9. The summed E-state index contributed by atoms with van der Waals surface area (Å²) in [7, 11) is 1.66. The third-order valence-corrected chi connectivity index (χ3v) is 3.60. The summed E-state index contributed by atoms with van der Waals surface area (Å²) in [6.45, 7) is 1.04. The Morgan fingerprint density at radius 1 is 1.30 bits per heavy atom. The van der Waals surface area contributed by atoms with E-state index in [0.29, 0.717) is 43.2 Å². The van der Waals surface area contributed by atoms with Crippen molar-refractivity contribution in [1.29, 1.82) is 0 Å². The molecule has 0 aromatic heterocycles. The summed E-state index contributed by atoms with van der Waals surface area (Å²) in [5, 5.41) is 2.82. The molecule has 0 saturated carbocycles. The van der Waals surface area contributed by atoms with E-state index < -0.39 is 6.04 Å². The first-order chi connectivity index (χ1) is 9.65. The van der Waals surface area contributed by atoms with Crippen LogP contribution in [0.5, 0.6) is 11.5 Å². The van der Waals surface area contributed by atoms with Gasteiger partial charge in [-0.1, -0.05) is 0 Å². The van der Waals surface area contributed by atoms with E-state index in [1.807, 2.05) is 0 Å². The second-order valence-electron chi connectivity index (χ2n) is 4.91. The highest BCUT2D eigenvalue weighted by molar-refractivity contribution is 5.99. The lowest BCUT2D eigenvalue weighted by Crippen LogP contribution is -2.38. The van der Waals surface area contributed by atoms with Gasteiger partial charge in [0.05, 0.1) is 0 Å². The molecule has 6 heteroatoms. The maximum absolute atomic E-state index is 12.2. The lowest BCUT2D eigenvalue weighted by Gasteiger charge is -2.21. The fourth-order valence-corrected chi connectivity index (χ4v) is 2.46. The number of hydrogen-bond acceptors (Lipinski definition) is 4. The van der Waals surface area contributed by atoms with Crippen molar-refractivity contribution in [1.82, 2.24) is 4.90 Å². The van der Waals surface area contributed by atoms with Crippen molar-refractivity contribution in [3.8, 4) is 11.5 Å². The Kier molecular flexibility index (Phi) is 3.22. The van der Waals surface area contributed by atoms with E-state index in [9.17, 15) is 9.59 Å². The number of benzene rings is 1. The molecule has 0 spiro atoms. The molecule has 1 atom stereocenters. The zero-order chi connectivity index (χ0) is 14.1. The molecule has 106 valence electrons. The van der Waals surface area contributed by atoms with Gasteiger partial charge in [0.2, 0.25) is 11.8 Å². The average molecular weight is 276 g/mol. The summed E-state index contributed by atoms with van der Waals surface area (Å²) in [5.41, 5.74) is 0.645. The van der Waals surface area contributed by atoms with Crippen molar-refractivity contribution < 1.29 is 19.1 Å². The smallest absolute Gasteiger partial charge is 0.247 e. The van der Waals surface area contributed by atoms with Gasteiger partial charge in [-0.3, -0.25) is 9.59 Å². The van der Waals surface area contributed by atoms with Crippen LogP contribution in [0.4, 0.5) is 5.69 Å². The molecule has 2 aliphatic rings. The van der Waals surface area contributed by atoms with Crippen LogP contribution in [0.25, 0.3) is 0 Å². The van der Waals surface area contributed by atoms with Gasteiger partial charge in [0, 0.05) is 25.2 Å². The number of nitrogens with one attached hydrogen (secondary N) is 1. The van der Waals surface area contributed by atoms with Gasteiger partial charge in [-0.25, -0.2) is 0 Å². The third kappa shape index (κ3) is 2.29. The van der Waals surface area contributed by atoms with Crippen LogP contribution in [-0.2, 0) is 9.59 Å². The number of amides is 2. The molecule has 20 heavy (non-hydrogen) atoms. The van der Waals surface area contributed by atoms with Gasteiger partial charge in [0.15, 0.2) is 11.5 Å². The highest BCUT2D eigenvalue weighted by Crippen LogP contribution is 2.32. The molecule has 1 fully saturated rings. The molecule has 1 unspecified atom stereocenters. The molecule has 3 rings (SSSR count). The summed E-state index contributed by atoms with van der Waals surface area (Å²) in [4.78, 5) is 25.1. The Morgan fingerprint density at radius 3 is 2.75 bits per heavy atom. The first kappa shape index (κ1) is 12.8. The van der Waals surface area contributed by atoms with E-state index in [1.54, 1.807) is 25.2 Å². The highest BCUT2D eigenvalue weighted by Gasteiger charge is 2.33. The second kappa shape index (κ2) is 5.03. The minimum atomic E-state index is -0.393. The summed E-state index contributed by atoms with van der Waals surface area (Å²) in [6.07, 6.45) is 0.988.